The van der Waals surface area contributed by atoms with Crippen molar-refractivity contribution in [3.8, 4) is 11.5 Å². The first-order chi connectivity index (χ1) is 15.1. The number of benzene rings is 1. The largest absolute Gasteiger partial charge is 0.507 e. The van der Waals surface area contributed by atoms with Crippen LogP contribution in [0, 0.1) is 0 Å². The van der Waals surface area contributed by atoms with Crippen molar-refractivity contribution < 1.29 is 24.2 Å². The molecule has 3 aromatic rings. The number of rotatable bonds is 6. The van der Waals surface area contributed by atoms with Gasteiger partial charge in [-0.15, -0.1) is 11.3 Å². The monoisotopic (exact) mass is 437 g/mol. The van der Waals surface area contributed by atoms with Crippen LogP contribution in [0.2, 0.25) is 0 Å². The van der Waals surface area contributed by atoms with Gasteiger partial charge in [0.1, 0.15) is 5.76 Å². The minimum absolute atomic E-state index is 0.0916. The standard InChI is InChI=1S/C22H19N3O5S/c26-20(14-4-5-15-16(11-14)30-13-29-15)18-19(17-3-1-10-31-17)25(22(28)21(18)27)8-2-7-24-9-6-23-12-24/h1,3-6,9-12,19,26H,2,7-8,13H2. The van der Waals surface area contributed by atoms with Crippen molar-refractivity contribution in [1.29, 1.82) is 0 Å². The highest BCUT2D eigenvalue weighted by atomic mass is 32.1. The van der Waals surface area contributed by atoms with Gasteiger partial charge in [0.25, 0.3) is 11.7 Å². The van der Waals surface area contributed by atoms with E-state index in [1.165, 1.54) is 11.3 Å². The summed E-state index contributed by atoms with van der Waals surface area (Å²) >= 11 is 1.44. The van der Waals surface area contributed by atoms with Crippen LogP contribution in [0.4, 0.5) is 0 Å². The van der Waals surface area contributed by atoms with Crippen molar-refractivity contribution in [3.05, 3.63) is 70.4 Å². The summed E-state index contributed by atoms with van der Waals surface area (Å²) in [7, 11) is 0. The molecule has 1 amide bonds. The number of ketones is 1. The molecule has 2 aliphatic heterocycles. The van der Waals surface area contributed by atoms with Crippen LogP contribution in [0.25, 0.3) is 5.76 Å². The fraction of sp³-hybridized carbons (Fsp3) is 0.227. The van der Waals surface area contributed by atoms with E-state index < -0.39 is 17.7 Å². The summed E-state index contributed by atoms with van der Waals surface area (Å²) in [6, 6.07) is 8.06. The molecule has 1 unspecified atom stereocenters. The maximum atomic E-state index is 13.0. The summed E-state index contributed by atoms with van der Waals surface area (Å²) in [6.45, 7) is 1.15. The van der Waals surface area contributed by atoms with Gasteiger partial charge in [-0.05, 0) is 36.1 Å². The van der Waals surface area contributed by atoms with Crippen LogP contribution in [0.5, 0.6) is 11.5 Å². The first kappa shape index (κ1) is 19.4. The lowest BCUT2D eigenvalue weighted by molar-refractivity contribution is -0.139. The van der Waals surface area contributed by atoms with E-state index in [2.05, 4.69) is 4.98 Å². The molecule has 9 heteroatoms. The van der Waals surface area contributed by atoms with Gasteiger partial charge in [0.2, 0.25) is 6.79 Å². The number of hydrogen-bond acceptors (Lipinski definition) is 7. The zero-order valence-corrected chi connectivity index (χ0v) is 17.2. The van der Waals surface area contributed by atoms with Crippen LogP contribution in [0.15, 0.2) is 60.0 Å². The second kappa shape index (κ2) is 7.92. The minimum Gasteiger partial charge on any atom is -0.507 e. The molecular formula is C22H19N3O5S. The molecule has 5 rings (SSSR count). The first-order valence-corrected chi connectivity index (χ1v) is 10.7. The number of hydrogen-bond donors (Lipinski definition) is 1. The third-order valence-corrected chi connectivity index (χ3v) is 6.30. The minimum atomic E-state index is -0.684. The molecule has 1 atom stereocenters. The molecule has 4 heterocycles. The van der Waals surface area contributed by atoms with Crippen LogP contribution < -0.4 is 9.47 Å². The van der Waals surface area contributed by atoms with Crippen molar-refractivity contribution in [2.75, 3.05) is 13.3 Å². The number of ether oxygens (including phenoxy) is 2. The molecular weight excluding hydrogens is 418 g/mol. The number of Topliss-reactive ketones (excluding diaryl/α,β-unsaturated/α-hetero) is 1. The van der Waals surface area contributed by atoms with Gasteiger partial charge in [-0.2, -0.15) is 0 Å². The summed E-state index contributed by atoms with van der Waals surface area (Å²) in [5.41, 5.74) is 0.496. The number of imidazole rings is 1. The number of aliphatic hydroxyl groups is 1. The maximum absolute atomic E-state index is 13.0. The van der Waals surface area contributed by atoms with E-state index in [1.807, 2.05) is 28.3 Å². The van der Waals surface area contributed by atoms with Gasteiger partial charge in [0.05, 0.1) is 17.9 Å². The zero-order valence-electron chi connectivity index (χ0n) is 16.4. The number of likely N-dealkylation sites (tertiary alicyclic amines) is 1. The topological polar surface area (TPSA) is 93.9 Å². The Hall–Kier alpha value is -3.59. The number of aryl methyl sites for hydroxylation is 1. The number of aromatic nitrogens is 2. The van der Waals surface area contributed by atoms with Gasteiger partial charge < -0.3 is 24.0 Å². The van der Waals surface area contributed by atoms with Crippen molar-refractivity contribution in [2.24, 2.45) is 0 Å². The maximum Gasteiger partial charge on any atom is 0.295 e. The van der Waals surface area contributed by atoms with Crippen LogP contribution in [0.3, 0.4) is 0 Å². The van der Waals surface area contributed by atoms with Crippen molar-refractivity contribution in [1.82, 2.24) is 14.5 Å². The number of carbonyl (C=O) groups is 2. The molecule has 1 aromatic carbocycles. The highest BCUT2D eigenvalue weighted by molar-refractivity contribution is 7.10. The Balaban J connectivity index is 1.50. The number of fused-ring (bicyclic) bond motifs is 1. The van der Waals surface area contributed by atoms with Gasteiger partial charge in [-0.1, -0.05) is 6.07 Å². The lowest BCUT2D eigenvalue weighted by Gasteiger charge is -2.24. The van der Waals surface area contributed by atoms with E-state index in [0.717, 1.165) is 4.88 Å². The zero-order chi connectivity index (χ0) is 21.4. The Bertz CT molecular complexity index is 1150. The summed E-state index contributed by atoms with van der Waals surface area (Å²) < 4.78 is 12.6. The third kappa shape index (κ3) is 3.46. The van der Waals surface area contributed by atoms with Crippen LogP contribution in [-0.4, -0.2) is 44.6 Å². The first-order valence-electron chi connectivity index (χ1n) is 9.81. The lowest BCUT2D eigenvalue weighted by atomic mass is 9.99. The lowest BCUT2D eigenvalue weighted by Crippen LogP contribution is -2.31. The second-order valence-corrected chi connectivity index (χ2v) is 8.21. The molecule has 158 valence electrons. The Kier molecular flexibility index (Phi) is 4.95. The van der Waals surface area contributed by atoms with Crippen LogP contribution in [0.1, 0.15) is 22.9 Å². The second-order valence-electron chi connectivity index (χ2n) is 7.23. The molecule has 8 nitrogen and oxygen atoms in total. The highest BCUT2D eigenvalue weighted by Crippen LogP contribution is 2.42. The number of carbonyl (C=O) groups excluding carboxylic acids is 2. The van der Waals surface area contributed by atoms with E-state index in [0.29, 0.717) is 36.6 Å². The fourth-order valence-corrected chi connectivity index (χ4v) is 4.74. The van der Waals surface area contributed by atoms with Gasteiger partial charge in [0.15, 0.2) is 11.5 Å². The number of thiophene rings is 1. The fourth-order valence-electron chi connectivity index (χ4n) is 3.90. The predicted octanol–water partition coefficient (Wildman–Crippen LogP) is 3.19. The molecule has 2 aliphatic rings. The highest BCUT2D eigenvalue weighted by Gasteiger charge is 2.46. The van der Waals surface area contributed by atoms with E-state index in [-0.39, 0.29) is 18.1 Å². The van der Waals surface area contributed by atoms with Gasteiger partial charge in [-0.3, -0.25) is 9.59 Å². The smallest absolute Gasteiger partial charge is 0.295 e. The molecule has 0 radical (unpaired) electrons. The van der Waals surface area contributed by atoms with E-state index in [1.54, 1.807) is 35.6 Å². The van der Waals surface area contributed by atoms with Crippen molar-refractivity contribution in [3.63, 3.8) is 0 Å². The van der Waals surface area contributed by atoms with Crippen molar-refractivity contribution >= 4 is 28.8 Å². The molecule has 2 aromatic heterocycles. The Morgan fingerprint density at radius 2 is 2.06 bits per heavy atom. The van der Waals surface area contributed by atoms with Gasteiger partial charge in [-0.25, -0.2) is 4.98 Å². The quantitative estimate of drug-likeness (QED) is 0.362. The van der Waals surface area contributed by atoms with E-state index in [9.17, 15) is 14.7 Å². The van der Waals surface area contributed by atoms with E-state index >= 15 is 0 Å². The molecule has 0 aliphatic carbocycles. The van der Waals surface area contributed by atoms with Crippen molar-refractivity contribution in [2.45, 2.75) is 19.0 Å². The SMILES string of the molecule is O=C1C(=O)N(CCCn2ccnc2)C(c2cccs2)C1=C(O)c1ccc2c(c1)OCO2. The average Bonchev–Trinajstić information content (AvgIpc) is 3.57. The molecule has 1 N–H and O–H groups in total. The normalized spacial score (nSPS) is 19.4. The number of nitrogens with zero attached hydrogens (tertiary/aromatic N) is 3. The molecule has 1 fully saturated rings. The summed E-state index contributed by atoms with van der Waals surface area (Å²) in [5, 5.41) is 13.0. The van der Waals surface area contributed by atoms with E-state index in [4.69, 9.17) is 9.47 Å². The number of amides is 1. The van der Waals surface area contributed by atoms with Crippen LogP contribution >= 0.6 is 11.3 Å². The molecule has 0 spiro atoms. The molecule has 0 saturated carbocycles. The molecule has 31 heavy (non-hydrogen) atoms. The van der Waals surface area contributed by atoms with Crippen LogP contribution in [-0.2, 0) is 16.1 Å². The molecule has 1 saturated heterocycles. The average molecular weight is 437 g/mol. The molecule has 0 bridgehead atoms. The summed E-state index contributed by atoms with van der Waals surface area (Å²) in [4.78, 5) is 32.3. The Labute approximate surface area is 182 Å². The Morgan fingerprint density at radius 3 is 2.84 bits per heavy atom. The summed E-state index contributed by atoms with van der Waals surface area (Å²) in [6.07, 6.45) is 5.91. The Morgan fingerprint density at radius 1 is 1.19 bits per heavy atom. The van der Waals surface area contributed by atoms with Gasteiger partial charge in [0, 0.05) is 35.9 Å². The summed E-state index contributed by atoms with van der Waals surface area (Å²) in [5.74, 6) is -0.438. The number of aliphatic hydroxyl groups excluding tert-OH is 1. The third-order valence-electron chi connectivity index (χ3n) is 5.37. The predicted molar refractivity (Wildman–Crippen MR) is 113 cm³/mol. The van der Waals surface area contributed by atoms with Gasteiger partial charge >= 0.3 is 0 Å².